The summed E-state index contributed by atoms with van der Waals surface area (Å²) in [6.07, 6.45) is 7.35. The van der Waals surface area contributed by atoms with E-state index < -0.39 is 0 Å². The van der Waals surface area contributed by atoms with Crippen LogP contribution in [0.15, 0.2) is 73.1 Å². The predicted molar refractivity (Wildman–Crippen MR) is 119 cm³/mol. The largest absolute Gasteiger partial charge is 0.326 e. The fourth-order valence-corrected chi connectivity index (χ4v) is 3.80. The van der Waals surface area contributed by atoms with Crippen LogP contribution in [-0.4, -0.2) is 23.3 Å². The normalized spacial score (nSPS) is 12.5. The molecule has 0 unspecified atom stereocenters. The molecule has 3 aromatic rings. The van der Waals surface area contributed by atoms with E-state index in [1.54, 1.807) is 29.4 Å². The number of amides is 2. The van der Waals surface area contributed by atoms with Gasteiger partial charge in [-0.1, -0.05) is 36.4 Å². The fourth-order valence-electron chi connectivity index (χ4n) is 3.80. The van der Waals surface area contributed by atoms with Crippen LogP contribution in [0.5, 0.6) is 0 Å². The number of unbranched alkanes of at least 4 members (excludes halogenated alkanes) is 1. The lowest BCUT2D eigenvalue weighted by Crippen LogP contribution is -2.29. The minimum absolute atomic E-state index is 0.00569. The SMILES string of the molecule is O=C(CCCCc1ccccc1)Nc1ccc2c(c1)N(C(=O)c1cccnc1)CC2. The Morgan fingerprint density at radius 1 is 1.00 bits per heavy atom. The van der Waals surface area contributed by atoms with Crippen molar-refractivity contribution in [1.29, 1.82) is 0 Å². The number of pyridine rings is 1. The van der Waals surface area contributed by atoms with Crippen LogP contribution in [0.4, 0.5) is 11.4 Å². The van der Waals surface area contributed by atoms with Crippen LogP contribution in [0, 0.1) is 0 Å². The Balaban J connectivity index is 1.33. The lowest BCUT2D eigenvalue weighted by Gasteiger charge is -2.18. The second-order valence-corrected chi connectivity index (χ2v) is 7.53. The molecule has 0 fully saturated rings. The highest BCUT2D eigenvalue weighted by Crippen LogP contribution is 2.32. The highest BCUT2D eigenvalue weighted by atomic mass is 16.2. The summed E-state index contributed by atoms with van der Waals surface area (Å²) in [6.45, 7) is 0.639. The van der Waals surface area contributed by atoms with Crippen LogP contribution in [0.3, 0.4) is 0 Å². The van der Waals surface area contributed by atoms with Gasteiger partial charge in [-0.25, -0.2) is 0 Å². The van der Waals surface area contributed by atoms with Crippen molar-refractivity contribution in [2.45, 2.75) is 32.1 Å². The number of carbonyl (C=O) groups excluding carboxylic acids is 2. The van der Waals surface area contributed by atoms with E-state index in [1.807, 2.05) is 36.4 Å². The molecule has 0 aliphatic carbocycles. The van der Waals surface area contributed by atoms with Gasteiger partial charge >= 0.3 is 0 Å². The summed E-state index contributed by atoms with van der Waals surface area (Å²) < 4.78 is 0. The zero-order valence-electron chi connectivity index (χ0n) is 16.9. The molecule has 1 N–H and O–H groups in total. The Morgan fingerprint density at radius 3 is 2.67 bits per heavy atom. The Bertz CT molecular complexity index is 1020. The topological polar surface area (TPSA) is 62.3 Å². The summed E-state index contributed by atoms with van der Waals surface area (Å²) in [5, 5.41) is 2.98. The van der Waals surface area contributed by atoms with Gasteiger partial charge in [0.1, 0.15) is 0 Å². The number of aryl methyl sites for hydroxylation is 1. The molecule has 1 aliphatic heterocycles. The van der Waals surface area contributed by atoms with Gasteiger partial charge < -0.3 is 10.2 Å². The molecular formula is C25H25N3O2. The van der Waals surface area contributed by atoms with Crippen molar-refractivity contribution >= 4 is 23.2 Å². The summed E-state index contributed by atoms with van der Waals surface area (Å²) in [6, 6.07) is 19.7. The Kier molecular flexibility index (Phi) is 6.18. The van der Waals surface area contributed by atoms with Gasteiger partial charge in [0.15, 0.2) is 0 Å². The number of hydrogen-bond donors (Lipinski definition) is 1. The van der Waals surface area contributed by atoms with Gasteiger partial charge in [-0.05, 0) is 61.1 Å². The molecule has 1 aliphatic rings. The fraction of sp³-hybridized carbons (Fsp3) is 0.240. The molecule has 4 rings (SSSR count). The van der Waals surface area contributed by atoms with Crippen molar-refractivity contribution in [1.82, 2.24) is 4.98 Å². The average Bonchev–Trinajstić information content (AvgIpc) is 3.21. The number of rotatable bonds is 7. The molecule has 0 spiro atoms. The molecule has 2 aromatic carbocycles. The molecule has 0 bridgehead atoms. The Labute approximate surface area is 176 Å². The van der Waals surface area contributed by atoms with Gasteiger partial charge in [0.25, 0.3) is 5.91 Å². The summed E-state index contributed by atoms with van der Waals surface area (Å²) in [5.74, 6) is -0.0580. The van der Waals surface area contributed by atoms with E-state index >= 15 is 0 Å². The van der Waals surface area contributed by atoms with Crippen LogP contribution in [0.1, 0.15) is 40.7 Å². The number of nitrogens with one attached hydrogen (secondary N) is 1. The minimum atomic E-state index is -0.0637. The number of anilines is 2. The monoisotopic (exact) mass is 399 g/mol. The first-order chi connectivity index (χ1) is 14.7. The van der Waals surface area contributed by atoms with E-state index in [-0.39, 0.29) is 11.8 Å². The van der Waals surface area contributed by atoms with Gasteiger partial charge in [-0.3, -0.25) is 14.6 Å². The van der Waals surface area contributed by atoms with Gasteiger partial charge in [0.2, 0.25) is 5.91 Å². The van der Waals surface area contributed by atoms with Crippen molar-refractivity contribution in [3.05, 3.63) is 89.7 Å². The van der Waals surface area contributed by atoms with Gasteiger partial charge in [-0.2, -0.15) is 0 Å². The zero-order valence-corrected chi connectivity index (χ0v) is 16.9. The first-order valence-electron chi connectivity index (χ1n) is 10.4. The molecule has 0 atom stereocenters. The van der Waals surface area contributed by atoms with E-state index in [0.717, 1.165) is 42.6 Å². The number of benzene rings is 2. The highest BCUT2D eigenvalue weighted by Gasteiger charge is 2.26. The second-order valence-electron chi connectivity index (χ2n) is 7.53. The molecule has 0 saturated heterocycles. The van der Waals surface area contributed by atoms with E-state index in [2.05, 4.69) is 22.4 Å². The quantitative estimate of drug-likeness (QED) is 0.589. The molecular weight excluding hydrogens is 374 g/mol. The molecule has 1 aromatic heterocycles. The summed E-state index contributed by atoms with van der Waals surface area (Å²) in [4.78, 5) is 31.0. The van der Waals surface area contributed by atoms with Gasteiger partial charge in [0.05, 0.1) is 5.56 Å². The van der Waals surface area contributed by atoms with Crippen molar-refractivity contribution < 1.29 is 9.59 Å². The minimum Gasteiger partial charge on any atom is -0.326 e. The van der Waals surface area contributed by atoms with E-state index in [4.69, 9.17) is 0 Å². The number of hydrogen-bond acceptors (Lipinski definition) is 3. The molecule has 2 amide bonds. The number of carbonyl (C=O) groups is 2. The summed E-state index contributed by atoms with van der Waals surface area (Å²) in [5.41, 5.74) is 4.58. The second kappa shape index (κ2) is 9.35. The van der Waals surface area contributed by atoms with Crippen LogP contribution in [0.25, 0.3) is 0 Å². The Morgan fingerprint density at radius 2 is 1.87 bits per heavy atom. The molecule has 0 radical (unpaired) electrons. The lowest BCUT2D eigenvalue weighted by atomic mass is 10.1. The molecule has 152 valence electrons. The standard InChI is InChI=1S/C25H25N3O2/c29-24(11-5-4-9-19-7-2-1-3-8-19)27-22-13-12-20-14-16-28(23(20)17-22)25(30)21-10-6-15-26-18-21/h1-3,6-8,10,12-13,15,17-18H,4-5,9,11,14,16H2,(H,27,29). The smallest absolute Gasteiger partial charge is 0.259 e. The van der Waals surface area contributed by atoms with Crippen LogP contribution in [0.2, 0.25) is 0 Å². The maximum Gasteiger partial charge on any atom is 0.259 e. The third-order valence-electron chi connectivity index (χ3n) is 5.38. The maximum atomic E-state index is 12.8. The van der Waals surface area contributed by atoms with Crippen molar-refractivity contribution in [2.24, 2.45) is 0 Å². The van der Waals surface area contributed by atoms with Gasteiger partial charge in [-0.15, -0.1) is 0 Å². The average molecular weight is 399 g/mol. The van der Waals surface area contributed by atoms with Crippen molar-refractivity contribution in [2.75, 3.05) is 16.8 Å². The maximum absolute atomic E-state index is 12.8. The Hall–Kier alpha value is -3.47. The van der Waals surface area contributed by atoms with E-state index in [9.17, 15) is 9.59 Å². The highest BCUT2D eigenvalue weighted by molar-refractivity contribution is 6.07. The third-order valence-corrected chi connectivity index (χ3v) is 5.38. The van der Waals surface area contributed by atoms with E-state index in [0.29, 0.717) is 18.5 Å². The first kappa shape index (κ1) is 19.8. The predicted octanol–water partition coefficient (Wildman–Crippen LogP) is 4.64. The molecule has 5 heteroatoms. The van der Waals surface area contributed by atoms with Crippen LogP contribution < -0.4 is 10.2 Å². The zero-order chi connectivity index (χ0) is 20.8. The molecule has 2 heterocycles. The van der Waals surface area contributed by atoms with E-state index in [1.165, 1.54) is 5.56 Å². The first-order valence-corrected chi connectivity index (χ1v) is 10.4. The van der Waals surface area contributed by atoms with Gasteiger partial charge in [0, 0.05) is 36.7 Å². The molecule has 5 nitrogen and oxygen atoms in total. The lowest BCUT2D eigenvalue weighted by molar-refractivity contribution is -0.116. The van der Waals surface area contributed by atoms with Crippen molar-refractivity contribution in [3.63, 3.8) is 0 Å². The van der Waals surface area contributed by atoms with Crippen LogP contribution in [-0.2, 0) is 17.6 Å². The number of fused-ring (bicyclic) bond motifs is 1. The third kappa shape index (κ3) is 4.74. The number of aromatic nitrogens is 1. The summed E-state index contributed by atoms with van der Waals surface area (Å²) in [7, 11) is 0. The summed E-state index contributed by atoms with van der Waals surface area (Å²) >= 11 is 0. The van der Waals surface area contributed by atoms with Crippen LogP contribution >= 0.6 is 0 Å². The molecule has 30 heavy (non-hydrogen) atoms. The number of nitrogens with zero attached hydrogens (tertiary/aromatic N) is 2. The van der Waals surface area contributed by atoms with Crippen molar-refractivity contribution in [3.8, 4) is 0 Å². The molecule has 0 saturated carbocycles.